The van der Waals surface area contributed by atoms with E-state index in [1.165, 1.54) is 22.6 Å². The third-order valence-corrected chi connectivity index (χ3v) is 3.29. The summed E-state index contributed by atoms with van der Waals surface area (Å²) in [6, 6.07) is 8.52. The van der Waals surface area contributed by atoms with Crippen LogP contribution < -0.4 is 5.32 Å². The number of thiophene rings is 1. The summed E-state index contributed by atoms with van der Waals surface area (Å²) in [4.78, 5) is 1.32. The number of nitrogens with one attached hydrogen (secondary N) is 1. The van der Waals surface area contributed by atoms with Crippen molar-refractivity contribution in [3.8, 4) is 0 Å². The minimum atomic E-state index is -0.201. The molecule has 3 heteroatoms. The Balaban J connectivity index is 1.99. The van der Waals surface area contributed by atoms with Crippen LogP contribution in [0.1, 0.15) is 10.4 Å². The molecule has 15 heavy (non-hydrogen) atoms. The summed E-state index contributed by atoms with van der Waals surface area (Å²) in [7, 11) is 0. The van der Waals surface area contributed by atoms with Crippen molar-refractivity contribution in [3.05, 3.63) is 52.0 Å². The Bertz CT molecular complexity index is 433. The average Bonchev–Trinajstić information content (AvgIpc) is 2.63. The summed E-state index contributed by atoms with van der Waals surface area (Å²) in [5.74, 6) is -0.201. The molecule has 0 aliphatic rings. The molecule has 0 amide bonds. The number of benzene rings is 1. The second-order valence-corrected chi connectivity index (χ2v) is 4.39. The van der Waals surface area contributed by atoms with Gasteiger partial charge in [0.2, 0.25) is 0 Å². The fourth-order valence-corrected chi connectivity index (χ4v) is 2.18. The predicted molar refractivity (Wildman–Crippen MR) is 62.8 cm³/mol. The third-order valence-electron chi connectivity index (χ3n) is 2.27. The molecule has 0 atom stereocenters. The summed E-state index contributed by atoms with van der Waals surface area (Å²) in [5.41, 5.74) is 2.25. The van der Waals surface area contributed by atoms with Gasteiger partial charge in [-0.3, -0.25) is 0 Å². The lowest BCUT2D eigenvalue weighted by atomic mass is 10.2. The Labute approximate surface area is 92.6 Å². The van der Waals surface area contributed by atoms with Crippen LogP contribution in [0.3, 0.4) is 0 Å². The van der Waals surface area contributed by atoms with Gasteiger partial charge in [0.1, 0.15) is 5.82 Å². The second kappa shape index (κ2) is 4.45. The Hall–Kier alpha value is -1.35. The highest BCUT2D eigenvalue weighted by Gasteiger charge is 1.99. The van der Waals surface area contributed by atoms with Crippen molar-refractivity contribution in [2.75, 3.05) is 5.32 Å². The van der Waals surface area contributed by atoms with E-state index in [0.29, 0.717) is 0 Å². The molecule has 0 bridgehead atoms. The summed E-state index contributed by atoms with van der Waals surface area (Å²) in [6.45, 7) is 2.90. The Kier molecular flexibility index (Phi) is 3.02. The van der Waals surface area contributed by atoms with Gasteiger partial charge >= 0.3 is 0 Å². The molecule has 1 nitrogen and oxygen atoms in total. The van der Waals surface area contributed by atoms with Gasteiger partial charge in [-0.25, -0.2) is 4.39 Å². The van der Waals surface area contributed by atoms with Crippen LogP contribution in [0.15, 0.2) is 35.7 Å². The zero-order chi connectivity index (χ0) is 10.7. The van der Waals surface area contributed by atoms with Crippen molar-refractivity contribution in [1.82, 2.24) is 0 Å². The molecule has 0 spiro atoms. The van der Waals surface area contributed by atoms with E-state index in [2.05, 4.69) is 23.7 Å². The van der Waals surface area contributed by atoms with E-state index in [0.717, 1.165) is 12.2 Å². The molecule has 0 fully saturated rings. The number of aryl methyl sites for hydroxylation is 1. The van der Waals surface area contributed by atoms with E-state index in [1.54, 1.807) is 23.5 Å². The molecule has 1 heterocycles. The molecule has 1 aromatic heterocycles. The zero-order valence-corrected chi connectivity index (χ0v) is 9.27. The molecule has 2 aromatic rings. The van der Waals surface area contributed by atoms with Crippen molar-refractivity contribution in [2.24, 2.45) is 0 Å². The summed E-state index contributed by atoms with van der Waals surface area (Å²) in [5, 5.41) is 5.34. The smallest absolute Gasteiger partial charge is 0.123 e. The van der Waals surface area contributed by atoms with Crippen LogP contribution in [0.4, 0.5) is 10.1 Å². The number of anilines is 1. The first-order valence-corrected chi connectivity index (χ1v) is 5.66. The van der Waals surface area contributed by atoms with Crippen molar-refractivity contribution in [3.63, 3.8) is 0 Å². The standard InChI is InChI=1S/C12H12FNS/c1-9-6-7-15-12(9)8-14-11-4-2-10(13)3-5-11/h2-7,14H,8H2,1H3. The first-order chi connectivity index (χ1) is 7.25. The van der Waals surface area contributed by atoms with Gasteiger partial charge in [-0.05, 0) is 48.2 Å². The Morgan fingerprint density at radius 1 is 1.20 bits per heavy atom. The minimum absolute atomic E-state index is 0.201. The van der Waals surface area contributed by atoms with E-state index >= 15 is 0 Å². The van der Waals surface area contributed by atoms with Crippen LogP contribution in [0.25, 0.3) is 0 Å². The van der Waals surface area contributed by atoms with Crippen molar-refractivity contribution < 1.29 is 4.39 Å². The summed E-state index contributed by atoms with van der Waals surface area (Å²) >= 11 is 1.74. The van der Waals surface area contributed by atoms with Crippen LogP contribution in [-0.2, 0) is 6.54 Å². The van der Waals surface area contributed by atoms with Gasteiger partial charge in [-0.15, -0.1) is 11.3 Å². The maximum absolute atomic E-state index is 12.6. The van der Waals surface area contributed by atoms with Crippen LogP contribution in [0, 0.1) is 12.7 Å². The average molecular weight is 221 g/mol. The molecule has 0 radical (unpaired) electrons. The normalized spacial score (nSPS) is 10.3. The SMILES string of the molecule is Cc1ccsc1CNc1ccc(F)cc1. The van der Waals surface area contributed by atoms with Gasteiger partial charge in [0.25, 0.3) is 0 Å². The van der Waals surface area contributed by atoms with Gasteiger partial charge in [0, 0.05) is 17.1 Å². The second-order valence-electron chi connectivity index (χ2n) is 3.39. The van der Waals surface area contributed by atoms with E-state index in [9.17, 15) is 4.39 Å². The van der Waals surface area contributed by atoms with Crippen LogP contribution in [0.5, 0.6) is 0 Å². The van der Waals surface area contributed by atoms with Gasteiger partial charge in [0.05, 0.1) is 0 Å². The van der Waals surface area contributed by atoms with Gasteiger partial charge in [0.15, 0.2) is 0 Å². The topological polar surface area (TPSA) is 12.0 Å². The summed E-state index contributed by atoms with van der Waals surface area (Å²) < 4.78 is 12.6. The first kappa shape index (κ1) is 10.2. The first-order valence-electron chi connectivity index (χ1n) is 4.78. The fourth-order valence-electron chi connectivity index (χ4n) is 1.34. The third kappa shape index (κ3) is 2.57. The van der Waals surface area contributed by atoms with E-state index in [1.807, 2.05) is 0 Å². The minimum Gasteiger partial charge on any atom is -0.380 e. The molecule has 0 aliphatic carbocycles. The van der Waals surface area contributed by atoms with Crippen LogP contribution >= 0.6 is 11.3 Å². The van der Waals surface area contributed by atoms with E-state index in [4.69, 9.17) is 0 Å². The highest BCUT2D eigenvalue weighted by molar-refractivity contribution is 7.10. The van der Waals surface area contributed by atoms with Crippen LogP contribution in [0.2, 0.25) is 0 Å². The van der Waals surface area contributed by atoms with Gasteiger partial charge in [-0.1, -0.05) is 0 Å². The molecule has 78 valence electrons. The molecular formula is C12H12FNS. The fraction of sp³-hybridized carbons (Fsp3) is 0.167. The Morgan fingerprint density at radius 3 is 2.53 bits per heavy atom. The largest absolute Gasteiger partial charge is 0.380 e. The monoisotopic (exact) mass is 221 g/mol. The highest BCUT2D eigenvalue weighted by Crippen LogP contribution is 2.17. The molecular weight excluding hydrogens is 209 g/mol. The van der Waals surface area contributed by atoms with Crippen LogP contribution in [-0.4, -0.2) is 0 Å². The Morgan fingerprint density at radius 2 is 1.93 bits per heavy atom. The number of hydrogen-bond donors (Lipinski definition) is 1. The molecule has 2 rings (SSSR count). The molecule has 0 saturated heterocycles. The molecule has 1 N–H and O–H groups in total. The molecule has 0 saturated carbocycles. The van der Waals surface area contributed by atoms with Crippen molar-refractivity contribution >= 4 is 17.0 Å². The maximum Gasteiger partial charge on any atom is 0.123 e. The number of rotatable bonds is 3. The summed E-state index contributed by atoms with van der Waals surface area (Å²) in [6.07, 6.45) is 0. The lowest BCUT2D eigenvalue weighted by molar-refractivity contribution is 0.628. The number of hydrogen-bond acceptors (Lipinski definition) is 2. The lowest BCUT2D eigenvalue weighted by Gasteiger charge is -2.05. The molecule has 0 aliphatic heterocycles. The molecule has 0 unspecified atom stereocenters. The zero-order valence-electron chi connectivity index (χ0n) is 8.46. The highest BCUT2D eigenvalue weighted by atomic mass is 32.1. The van der Waals surface area contributed by atoms with E-state index < -0.39 is 0 Å². The van der Waals surface area contributed by atoms with Crippen molar-refractivity contribution in [2.45, 2.75) is 13.5 Å². The lowest BCUT2D eigenvalue weighted by Crippen LogP contribution is -1.98. The quantitative estimate of drug-likeness (QED) is 0.831. The van der Waals surface area contributed by atoms with Gasteiger partial charge < -0.3 is 5.32 Å². The predicted octanol–water partition coefficient (Wildman–Crippen LogP) is 3.81. The van der Waals surface area contributed by atoms with Gasteiger partial charge in [-0.2, -0.15) is 0 Å². The number of halogens is 1. The van der Waals surface area contributed by atoms with E-state index in [-0.39, 0.29) is 5.82 Å². The molecule has 1 aromatic carbocycles. The maximum atomic E-state index is 12.6. The van der Waals surface area contributed by atoms with Crippen molar-refractivity contribution in [1.29, 1.82) is 0 Å².